The SMILES string of the molecule is CCCCCCCCCC/C=C/[C@@H](O)[C@H](COP(=O)(O)OCCN)NC(=O)CCCCCCCCCCCCCCCCCCCCCCCCCC. The summed E-state index contributed by atoms with van der Waals surface area (Å²) in [5.41, 5.74) is 5.36. The van der Waals surface area contributed by atoms with Crippen molar-refractivity contribution in [1.82, 2.24) is 5.32 Å². The molecule has 0 fully saturated rings. The van der Waals surface area contributed by atoms with Crippen LogP contribution in [0.25, 0.3) is 0 Å². The van der Waals surface area contributed by atoms with Crippen LogP contribution in [0.2, 0.25) is 0 Å². The Hall–Kier alpha value is -0.760. The van der Waals surface area contributed by atoms with Gasteiger partial charge < -0.3 is 21.1 Å². The van der Waals surface area contributed by atoms with E-state index in [0.29, 0.717) is 6.42 Å². The lowest BCUT2D eigenvalue weighted by Crippen LogP contribution is -2.45. The molecule has 0 saturated heterocycles. The minimum Gasteiger partial charge on any atom is -0.387 e. The molecule has 53 heavy (non-hydrogen) atoms. The van der Waals surface area contributed by atoms with E-state index >= 15 is 0 Å². The van der Waals surface area contributed by atoms with E-state index in [4.69, 9.17) is 14.8 Å². The highest BCUT2D eigenvalue weighted by atomic mass is 31.2. The van der Waals surface area contributed by atoms with Gasteiger partial charge in [-0.15, -0.1) is 0 Å². The molecular weight excluding hydrogens is 683 g/mol. The van der Waals surface area contributed by atoms with E-state index in [2.05, 4.69) is 19.2 Å². The third-order valence-electron chi connectivity index (χ3n) is 10.4. The summed E-state index contributed by atoms with van der Waals surface area (Å²) in [5.74, 6) is -0.191. The van der Waals surface area contributed by atoms with Crippen LogP contribution in [0.3, 0.4) is 0 Å². The fourth-order valence-corrected chi connectivity index (χ4v) is 7.66. The van der Waals surface area contributed by atoms with Crippen molar-refractivity contribution >= 4 is 13.7 Å². The number of aliphatic hydroxyl groups is 1. The van der Waals surface area contributed by atoms with Crippen molar-refractivity contribution in [3.63, 3.8) is 0 Å². The Bertz CT molecular complexity index is 845. The van der Waals surface area contributed by atoms with Crippen LogP contribution < -0.4 is 11.1 Å². The van der Waals surface area contributed by atoms with Crippen LogP contribution in [0.15, 0.2) is 12.2 Å². The third-order valence-corrected chi connectivity index (χ3v) is 11.3. The van der Waals surface area contributed by atoms with Gasteiger partial charge in [-0.1, -0.05) is 219 Å². The second kappa shape index (κ2) is 40.9. The van der Waals surface area contributed by atoms with Crippen molar-refractivity contribution in [1.29, 1.82) is 0 Å². The summed E-state index contributed by atoms with van der Waals surface area (Å²) in [4.78, 5) is 22.7. The Morgan fingerprint density at radius 1 is 0.604 bits per heavy atom. The van der Waals surface area contributed by atoms with Gasteiger partial charge in [0.1, 0.15) is 0 Å². The number of nitrogens with one attached hydrogen (secondary N) is 1. The van der Waals surface area contributed by atoms with Crippen molar-refractivity contribution in [2.24, 2.45) is 5.73 Å². The molecule has 0 heterocycles. The number of allylic oxidation sites excluding steroid dienone is 1. The van der Waals surface area contributed by atoms with Gasteiger partial charge in [-0.25, -0.2) is 4.57 Å². The van der Waals surface area contributed by atoms with Gasteiger partial charge in [0.15, 0.2) is 0 Å². The van der Waals surface area contributed by atoms with Crippen LogP contribution >= 0.6 is 7.82 Å². The largest absolute Gasteiger partial charge is 0.472 e. The zero-order valence-electron chi connectivity index (χ0n) is 35.0. The summed E-state index contributed by atoms with van der Waals surface area (Å²) < 4.78 is 22.1. The van der Waals surface area contributed by atoms with Crippen LogP contribution in [-0.4, -0.2) is 47.8 Å². The fraction of sp³-hybridized carbons (Fsp3) is 0.932. The topological polar surface area (TPSA) is 131 Å². The number of hydrogen-bond donors (Lipinski definition) is 4. The smallest absolute Gasteiger partial charge is 0.387 e. The first-order valence-corrected chi connectivity index (χ1v) is 24.3. The van der Waals surface area contributed by atoms with Gasteiger partial charge in [-0.05, 0) is 19.3 Å². The molecule has 0 aromatic carbocycles. The zero-order chi connectivity index (χ0) is 38.9. The minimum absolute atomic E-state index is 0.0811. The van der Waals surface area contributed by atoms with E-state index in [1.807, 2.05) is 6.08 Å². The van der Waals surface area contributed by atoms with E-state index < -0.39 is 20.0 Å². The van der Waals surface area contributed by atoms with E-state index in [1.54, 1.807) is 6.08 Å². The maximum absolute atomic E-state index is 12.7. The van der Waals surface area contributed by atoms with E-state index in [9.17, 15) is 19.4 Å². The van der Waals surface area contributed by atoms with Crippen molar-refractivity contribution in [2.45, 2.75) is 244 Å². The van der Waals surface area contributed by atoms with Crippen molar-refractivity contribution in [3.05, 3.63) is 12.2 Å². The average Bonchev–Trinajstić information content (AvgIpc) is 3.14. The molecule has 0 radical (unpaired) electrons. The maximum atomic E-state index is 12.7. The first kappa shape index (κ1) is 52.2. The molecule has 0 aromatic rings. The summed E-state index contributed by atoms with van der Waals surface area (Å²) >= 11 is 0. The molecule has 0 spiro atoms. The molecule has 9 heteroatoms. The predicted molar refractivity (Wildman–Crippen MR) is 226 cm³/mol. The highest BCUT2D eigenvalue weighted by Crippen LogP contribution is 2.43. The van der Waals surface area contributed by atoms with E-state index in [0.717, 1.165) is 38.5 Å². The summed E-state index contributed by atoms with van der Waals surface area (Å²) in [6.07, 6.45) is 45.7. The first-order valence-electron chi connectivity index (χ1n) is 22.8. The lowest BCUT2D eigenvalue weighted by molar-refractivity contribution is -0.123. The summed E-state index contributed by atoms with van der Waals surface area (Å²) in [7, 11) is -4.33. The van der Waals surface area contributed by atoms with Crippen LogP contribution in [0, 0.1) is 0 Å². The van der Waals surface area contributed by atoms with Crippen LogP contribution in [0.1, 0.15) is 232 Å². The maximum Gasteiger partial charge on any atom is 0.472 e. The Morgan fingerprint density at radius 2 is 0.962 bits per heavy atom. The molecule has 0 aromatic heterocycles. The Kier molecular flexibility index (Phi) is 40.3. The molecule has 0 aliphatic heterocycles. The number of phosphoric ester groups is 1. The van der Waals surface area contributed by atoms with Crippen LogP contribution in [0.5, 0.6) is 0 Å². The Morgan fingerprint density at radius 3 is 1.34 bits per heavy atom. The predicted octanol–water partition coefficient (Wildman–Crippen LogP) is 12.8. The molecule has 0 aliphatic rings. The molecule has 0 bridgehead atoms. The molecule has 0 saturated carbocycles. The fourth-order valence-electron chi connectivity index (χ4n) is 6.90. The van der Waals surface area contributed by atoms with Gasteiger partial charge in [-0.2, -0.15) is 0 Å². The molecule has 0 aliphatic carbocycles. The monoisotopic (exact) mass is 773 g/mol. The highest BCUT2D eigenvalue weighted by Gasteiger charge is 2.26. The van der Waals surface area contributed by atoms with E-state index in [-0.39, 0.29) is 25.7 Å². The Labute approximate surface area is 328 Å². The summed E-state index contributed by atoms with van der Waals surface area (Å²) in [6, 6.07) is -0.853. The lowest BCUT2D eigenvalue weighted by Gasteiger charge is -2.23. The third kappa shape index (κ3) is 39.3. The molecule has 3 atom stereocenters. The number of aliphatic hydroxyl groups excluding tert-OH is 1. The number of carbonyl (C=O) groups is 1. The highest BCUT2D eigenvalue weighted by molar-refractivity contribution is 7.47. The van der Waals surface area contributed by atoms with Crippen molar-refractivity contribution < 1.29 is 28.4 Å². The second-order valence-electron chi connectivity index (χ2n) is 15.6. The molecule has 0 rings (SSSR count). The number of amides is 1. The van der Waals surface area contributed by atoms with Gasteiger partial charge in [0.25, 0.3) is 0 Å². The average molecular weight is 773 g/mol. The lowest BCUT2D eigenvalue weighted by atomic mass is 10.0. The second-order valence-corrected chi connectivity index (χ2v) is 17.1. The number of hydrogen-bond acceptors (Lipinski definition) is 6. The normalized spacial score (nSPS) is 14.1. The summed E-state index contributed by atoms with van der Waals surface area (Å²) in [6.45, 7) is 4.14. The molecule has 8 nitrogen and oxygen atoms in total. The quantitative estimate of drug-likeness (QED) is 0.0276. The van der Waals surface area contributed by atoms with Gasteiger partial charge in [-0.3, -0.25) is 13.8 Å². The van der Waals surface area contributed by atoms with Crippen LogP contribution in [0.4, 0.5) is 0 Å². The van der Waals surface area contributed by atoms with E-state index in [1.165, 1.54) is 173 Å². The van der Waals surface area contributed by atoms with Gasteiger partial charge in [0, 0.05) is 13.0 Å². The molecule has 5 N–H and O–H groups in total. The van der Waals surface area contributed by atoms with Crippen LogP contribution in [-0.2, 0) is 18.4 Å². The van der Waals surface area contributed by atoms with Gasteiger partial charge >= 0.3 is 7.82 Å². The number of carbonyl (C=O) groups excluding carboxylic acids is 1. The number of nitrogens with two attached hydrogens (primary N) is 1. The molecule has 1 amide bonds. The van der Waals surface area contributed by atoms with Gasteiger partial charge in [0.2, 0.25) is 5.91 Å². The molecule has 316 valence electrons. The molecule has 1 unspecified atom stereocenters. The molecular formula is C44H89N2O6P. The zero-order valence-corrected chi connectivity index (χ0v) is 35.9. The van der Waals surface area contributed by atoms with Crippen molar-refractivity contribution in [2.75, 3.05) is 19.8 Å². The standard InChI is InChI=1S/C44H89N2O6P/c1-3-5-7-9-11-13-15-16-17-18-19-20-21-22-23-24-25-26-27-28-30-32-34-36-38-44(48)46-42(41-52-53(49,50)51-40-39-45)43(47)37-35-33-31-29-14-12-10-8-6-4-2/h35,37,42-43,47H,3-34,36,38-41,45H2,1-2H3,(H,46,48)(H,49,50)/b37-35+/t42-,43+/m0/s1. The Balaban J connectivity index is 3.97. The first-order chi connectivity index (χ1) is 25.9. The van der Waals surface area contributed by atoms with Gasteiger partial charge in [0.05, 0.1) is 25.4 Å². The number of rotatable bonds is 43. The number of unbranched alkanes of at least 4 members (excludes halogenated alkanes) is 31. The van der Waals surface area contributed by atoms with Crippen molar-refractivity contribution in [3.8, 4) is 0 Å². The summed E-state index contributed by atoms with van der Waals surface area (Å²) in [5, 5.41) is 13.6. The minimum atomic E-state index is -4.33. The number of phosphoric acid groups is 1.